The maximum Gasteiger partial charge on any atom is 0.238 e. The van der Waals surface area contributed by atoms with E-state index in [1.807, 2.05) is 32.3 Å². The number of hydrogen-bond donors (Lipinski definition) is 2. The number of carbonyl (C=O) groups is 1. The fourth-order valence-corrected chi connectivity index (χ4v) is 3.06. The molecule has 1 fully saturated rings. The Morgan fingerprint density at radius 2 is 2.21 bits per heavy atom. The first kappa shape index (κ1) is 14.4. The summed E-state index contributed by atoms with van der Waals surface area (Å²) in [6.07, 6.45) is 0. The summed E-state index contributed by atoms with van der Waals surface area (Å²) >= 11 is 1.76. The predicted octanol–water partition coefficient (Wildman–Crippen LogP) is 1.07. The number of benzene rings is 1. The molecule has 5 heteroatoms. The van der Waals surface area contributed by atoms with Crippen molar-refractivity contribution in [3.05, 3.63) is 35.9 Å². The number of nitrogens with one attached hydrogen (secondary N) is 2. The molecule has 0 radical (unpaired) electrons. The van der Waals surface area contributed by atoms with Gasteiger partial charge in [-0.3, -0.25) is 10.1 Å². The Morgan fingerprint density at radius 3 is 2.79 bits per heavy atom. The number of nitrogens with zero attached hydrogens (tertiary/aromatic N) is 1. The molecule has 1 aliphatic rings. The number of amides is 1. The smallest absolute Gasteiger partial charge is 0.238 e. The summed E-state index contributed by atoms with van der Waals surface area (Å²) in [6, 6.07) is 10.1. The molecule has 0 aliphatic carbocycles. The fourth-order valence-electron chi connectivity index (χ4n) is 2.12. The van der Waals surface area contributed by atoms with Crippen molar-refractivity contribution >= 4 is 17.7 Å². The van der Waals surface area contributed by atoms with Crippen LogP contribution in [0.15, 0.2) is 30.3 Å². The average molecular weight is 279 g/mol. The second kappa shape index (κ2) is 6.93. The number of rotatable bonds is 5. The minimum atomic E-state index is -0.0571. The van der Waals surface area contributed by atoms with E-state index < -0.39 is 0 Å². The van der Waals surface area contributed by atoms with Crippen LogP contribution in [0.3, 0.4) is 0 Å². The molecule has 1 aliphatic heterocycles. The van der Waals surface area contributed by atoms with Gasteiger partial charge in [0.25, 0.3) is 0 Å². The van der Waals surface area contributed by atoms with E-state index >= 15 is 0 Å². The van der Waals surface area contributed by atoms with Gasteiger partial charge in [-0.15, -0.1) is 11.8 Å². The molecular weight excluding hydrogens is 258 g/mol. The molecule has 4 nitrogen and oxygen atoms in total. The highest BCUT2D eigenvalue weighted by Gasteiger charge is 2.25. The second-order valence-corrected chi connectivity index (χ2v) is 6.04. The Hall–Kier alpha value is -1.04. The summed E-state index contributed by atoms with van der Waals surface area (Å²) in [5, 5.41) is 6.35. The molecule has 1 aromatic rings. The molecule has 2 N–H and O–H groups in total. The zero-order chi connectivity index (χ0) is 13.7. The van der Waals surface area contributed by atoms with Crippen LogP contribution in [0.2, 0.25) is 0 Å². The first-order valence-corrected chi connectivity index (χ1v) is 7.63. The number of carbonyl (C=O) groups excluding carboxylic acids is 1. The average Bonchev–Trinajstić information content (AvgIpc) is 2.92. The molecule has 0 aromatic heterocycles. The zero-order valence-corrected chi connectivity index (χ0v) is 12.2. The van der Waals surface area contributed by atoms with Gasteiger partial charge in [-0.1, -0.05) is 30.3 Å². The van der Waals surface area contributed by atoms with Crippen LogP contribution in [0.5, 0.6) is 0 Å². The van der Waals surface area contributed by atoms with E-state index in [1.54, 1.807) is 11.8 Å². The van der Waals surface area contributed by atoms with Crippen molar-refractivity contribution in [3.63, 3.8) is 0 Å². The standard InChI is InChI=1S/C14H21N3OS/c1-17(2)8-12(11-6-4-3-5-7-11)16-14(18)13-9-19-10-15-13/h3-7,12-13,15H,8-10H2,1-2H3,(H,16,18). The van der Waals surface area contributed by atoms with Gasteiger partial charge in [0.2, 0.25) is 5.91 Å². The largest absolute Gasteiger partial charge is 0.347 e. The topological polar surface area (TPSA) is 44.4 Å². The van der Waals surface area contributed by atoms with Crippen LogP contribution in [0.25, 0.3) is 0 Å². The Labute approximate surface area is 118 Å². The first-order chi connectivity index (χ1) is 9.16. The summed E-state index contributed by atoms with van der Waals surface area (Å²) in [4.78, 5) is 14.3. The van der Waals surface area contributed by atoms with Crippen molar-refractivity contribution in [1.29, 1.82) is 0 Å². The van der Waals surface area contributed by atoms with E-state index in [0.717, 1.165) is 23.7 Å². The van der Waals surface area contributed by atoms with Crippen LogP contribution >= 0.6 is 11.8 Å². The summed E-state index contributed by atoms with van der Waals surface area (Å²) in [7, 11) is 4.04. The third-order valence-corrected chi connectivity index (χ3v) is 4.04. The first-order valence-electron chi connectivity index (χ1n) is 6.48. The van der Waals surface area contributed by atoms with Crippen LogP contribution in [0.4, 0.5) is 0 Å². The molecule has 1 heterocycles. The fraction of sp³-hybridized carbons (Fsp3) is 0.500. The lowest BCUT2D eigenvalue weighted by molar-refractivity contribution is -0.123. The lowest BCUT2D eigenvalue weighted by Gasteiger charge is -2.24. The molecular formula is C14H21N3OS. The second-order valence-electron chi connectivity index (χ2n) is 5.01. The molecule has 2 rings (SSSR count). The zero-order valence-electron chi connectivity index (χ0n) is 11.4. The summed E-state index contributed by atoms with van der Waals surface area (Å²) in [5.41, 5.74) is 1.15. The highest BCUT2D eigenvalue weighted by molar-refractivity contribution is 7.99. The predicted molar refractivity (Wildman–Crippen MR) is 80.1 cm³/mol. The Morgan fingerprint density at radius 1 is 1.47 bits per heavy atom. The molecule has 0 bridgehead atoms. The summed E-state index contributed by atoms with van der Waals surface area (Å²) in [5.74, 6) is 1.82. The van der Waals surface area contributed by atoms with E-state index in [1.165, 1.54) is 0 Å². The van der Waals surface area contributed by atoms with Gasteiger partial charge in [0.15, 0.2) is 0 Å². The van der Waals surface area contributed by atoms with Gasteiger partial charge < -0.3 is 10.2 Å². The third kappa shape index (κ3) is 4.23. The van der Waals surface area contributed by atoms with Gasteiger partial charge in [-0.25, -0.2) is 0 Å². The molecule has 0 spiro atoms. The van der Waals surface area contributed by atoms with E-state index in [-0.39, 0.29) is 18.0 Å². The SMILES string of the molecule is CN(C)CC(NC(=O)C1CSCN1)c1ccccc1. The lowest BCUT2D eigenvalue weighted by atomic mass is 10.1. The van der Waals surface area contributed by atoms with Crippen LogP contribution < -0.4 is 10.6 Å². The van der Waals surface area contributed by atoms with Crippen molar-refractivity contribution in [2.75, 3.05) is 32.3 Å². The van der Waals surface area contributed by atoms with Crippen molar-refractivity contribution in [2.45, 2.75) is 12.1 Å². The van der Waals surface area contributed by atoms with Crippen LogP contribution in [-0.4, -0.2) is 49.1 Å². The Kier molecular flexibility index (Phi) is 5.24. The van der Waals surface area contributed by atoms with Gasteiger partial charge in [-0.2, -0.15) is 0 Å². The maximum atomic E-state index is 12.2. The van der Waals surface area contributed by atoms with Gasteiger partial charge in [0.1, 0.15) is 0 Å². The molecule has 1 aromatic carbocycles. The minimum Gasteiger partial charge on any atom is -0.347 e. The summed E-state index contributed by atoms with van der Waals surface area (Å²) in [6.45, 7) is 0.801. The highest BCUT2D eigenvalue weighted by Crippen LogP contribution is 2.15. The maximum absolute atomic E-state index is 12.2. The number of likely N-dealkylation sites (N-methyl/N-ethyl adjacent to an activating group) is 1. The van der Waals surface area contributed by atoms with Crippen molar-refractivity contribution in [2.24, 2.45) is 0 Å². The van der Waals surface area contributed by atoms with E-state index in [9.17, 15) is 4.79 Å². The number of hydrogen-bond acceptors (Lipinski definition) is 4. The third-order valence-electron chi connectivity index (χ3n) is 3.10. The Balaban J connectivity index is 2.03. The molecule has 19 heavy (non-hydrogen) atoms. The van der Waals surface area contributed by atoms with Crippen LogP contribution in [0, 0.1) is 0 Å². The monoisotopic (exact) mass is 279 g/mol. The van der Waals surface area contributed by atoms with E-state index in [2.05, 4.69) is 27.7 Å². The number of thioether (sulfide) groups is 1. The molecule has 1 saturated heterocycles. The van der Waals surface area contributed by atoms with Crippen LogP contribution in [-0.2, 0) is 4.79 Å². The van der Waals surface area contributed by atoms with Crippen molar-refractivity contribution in [1.82, 2.24) is 15.5 Å². The minimum absolute atomic E-state index is 0.0381. The molecule has 2 unspecified atom stereocenters. The van der Waals surface area contributed by atoms with Crippen LogP contribution in [0.1, 0.15) is 11.6 Å². The highest BCUT2D eigenvalue weighted by atomic mass is 32.2. The molecule has 1 amide bonds. The lowest BCUT2D eigenvalue weighted by Crippen LogP contribution is -2.45. The molecule has 0 saturated carbocycles. The van der Waals surface area contributed by atoms with Crippen molar-refractivity contribution < 1.29 is 4.79 Å². The normalized spacial score (nSPS) is 20.5. The van der Waals surface area contributed by atoms with Gasteiger partial charge in [0.05, 0.1) is 12.1 Å². The van der Waals surface area contributed by atoms with Gasteiger partial charge in [-0.05, 0) is 19.7 Å². The van der Waals surface area contributed by atoms with E-state index in [0.29, 0.717) is 0 Å². The van der Waals surface area contributed by atoms with Gasteiger partial charge >= 0.3 is 0 Å². The Bertz CT molecular complexity index is 404. The molecule has 2 atom stereocenters. The quantitative estimate of drug-likeness (QED) is 0.846. The van der Waals surface area contributed by atoms with E-state index in [4.69, 9.17) is 0 Å². The summed E-state index contributed by atoms with van der Waals surface area (Å²) < 4.78 is 0. The van der Waals surface area contributed by atoms with Crippen molar-refractivity contribution in [3.8, 4) is 0 Å². The van der Waals surface area contributed by atoms with Gasteiger partial charge in [0, 0.05) is 18.2 Å². The molecule has 104 valence electrons.